The van der Waals surface area contributed by atoms with E-state index in [9.17, 15) is 14.0 Å². The largest absolute Gasteiger partial charge is 0.453 e. The predicted octanol–water partition coefficient (Wildman–Crippen LogP) is 6.96. The van der Waals surface area contributed by atoms with Crippen molar-refractivity contribution in [3.63, 3.8) is 0 Å². The predicted molar refractivity (Wildman–Crippen MR) is 162 cm³/mol. The fourth-order valence-corrected chi connectivity index (χ4v) is 5.77. The number of nitrogens with zero attached hydrogens (tertiary/aromatic N) is 5. The Morgan fingerprint density at radius 1 is 1.02 bits per heavy atom. The molecule has 1 saturated heterocycles. The lowest BCUT2D eigenvalue weighted by atomic mass is 10.2. The van der Waals surface area contributed by atoms with Gasteiger partial charge in [-0.3, -0.25) is 14.9 Å². The molecule has 0 atom stereocenters. The quantitative estimate of drug-likeness (QED) is 0.217. The summed E-state index contributed by atoms with van der Waals surface area (Å²) >= 11 is 1.44. The lowest BCUT2D eigenvalue weighted by Crippen LogP contribution is -2.39. The van der Waals surface area contributed by atoms with Gasteiger partial charge < -0.3 is 15.0 Å². The van der Waals surface area contributed by atoms with Crippen molar-refractivity contribution in [1.82, 2.24) is 19.8 Å². The van der Waals surface area contributed by atoms with Crippen LogP contribution in [0.25, 0.3) is 20.8 Å². The van der Waals surface area contributed by atoms with E-state index in [-0.39, 0.29) is 24.5 Å². The maximum atomic E-state index is 15.1. The monoisotopic (exact) mass is 600 g/mol. The van der Waals surface area contributed by atoms with Crippen molar-refractivity contribution in [2.24, 2.45) is 0 Å². The second-order valence-corrected chi connectivity index (χ2v) is 11.2. The number of aromatic nitrogens is 2. The van der Waals surface area contributed by atoms with Gasteiger partial charge in [0.15, 0.2) is 11.6 Å². The maximum absolute atomic E-state index is 15.1. The number of fused-ring (bicyclic) bond motifs is 1. The first-order valence-electron chi connectivity index (χ1n) is 13.4. The molecule has 43 heavy (non-hydrogen) atoms. The molecule has 2 aromatic carbocycles. The van der Waals surface area contributed by atoms with Crippen molar-refractivity contribution >= 4 is 45.0 Å². The lowest BCUT2D eigenvalue weighted by Gasteiger charge is -2.18. The molecule has 0 unspecified atom stereocenters. The lowest BCUT2D eigenvalue weighted by molar-refractivity contribution is 0.209. The number of hydrogen-bond donors (Lipinski definition) is 1. The number of amides is 4. The minimum Gasteiger partial charge on any atom is -0.453 e. The van der Waals surface area contributed by atoms with E-state index in [4.69, 9.17) is 4.74 Å². The molecule has 0 bridgehead atoms. The highest BCUT2D eigenvalue weighted by molar-refractivity contribution is 7.22. The Balaban J connectivity index is 1.15. The number of pyridine rings is 2. The van der Waals surface area contributed by atoms with Crippen molar-refractivity contribution in [2.45, 2.75) is 6.54 Å². The summed E-state index contributed by atoms with van der Waals surface area (Å²) in [4.78, 5) is 39.9. The maximum Gasteiger partial charge on any atom is 0.332 e. The molecule has 4 amide bonds. The zero-order valence-electron chi connectivity index (χ0n) is 23.3. The summed E-state index contributed by atoms with van der Waals surface area (Å²) in [6.45, 7) is 1.10. The highest BCUT2D eigenvalue weighted by atomic mass is 32.1. The molecule has 5 aromatic rings. The van der Waals surface area contributed by atoms with Crippen LogP contribution in [-0.4, -0.2) is 59.0 Å². The van der Waals surface area contributed by atoms with Crippen molar-refractivity contribution in [3.05, 3.63) is 96.3 Å². The normalized spacial score (nSPS) is 13.3. The van der Waals surface area contributed by atoms with Gasteiger partial charge >= 0.3 is 12.1 Å². The van der Waals surface area contributed by atoms with E-state index in [0.29, 0.717) is 17.0 Å². The Kier molecular flexibility index (Phi) is 7.70. The van der Waals surface area contributed by atoms with Crippen LogP contribution in [0.15, 0.2) is 79.1 Å². The van der Waals surface area contributed by atoms with Crippen molar-refractivity contribution in [2.75, 3.05) is 37.4 Å². The van der Waals surface area contributed by atoms with Gasteiger partial charge in [0.2, 0.25) is 0 Å². The van der Waals surface area contributed by atoms with E-state index in [0.717, 1.165) is 38.3 Å². The number of imide groups is 1. The van der Waals surface area contributed by atoms with Crippen LogP contribution in [0.2, 0.25) is 0 Å². The van der Waals surface area contributed by atoms with Gasteiger partial charge in [-0.1, -0.05) is 12.1 Å². The summed E-state index contributed by atoms with van der Waals surface area (Å²) < 4.78 is 35.4. The smallest absolute Gasteiger partial charge is 0.332 e. The third kappa shape index (κ3) is 6.01. The Morgan fingerprint density at radius 3 is 2.63 bits per heavy atom. The van der Waals surface area contributed by atoms with Crippen LogP contribution in [0.1, 0.15) is 5.56 Å². The second kappa shape index (κ2) is 11.7. The summed E-state index contributed by atoms with van der Waals surface area (Å²) in [7, 11) is 4.00. The number of carbonyl (C=O) groups is 2. The van der Waals surface area contributed by atoms with Crippen LogP contribution in [-0.2, 0) is 6.54 Å². The zero-order valence-corrected chi connectivity index (χ0v) is 24.1. The Morgan fingerprint density at radius 2 is 1.88 bits per heavy atom. The van der Waals surface area contributed by atoms with Gasteiger partial charge in [-0.15, -0.1) is 11.3 Å². The van der Waals surface area contributed by atoms with E-state index in [2.05, 4.69) is 20.2 Å². The molecule has 6 rings (SSSR count). The van der Waals surface area contributed by atoms with Crippen molar-refractivity contribution in [1.29, 1.82) is 0 Å². The SMILES string of the molecule is CN(C)Cc1ccc(-c2cc3nccc(Oc4ccc(NC(=O)N5CCN(c6cccc(F)c6)C5=O)cc4F)c3s2)nc1. The van der Waals surface area contributed by atoms with Gasteiger partial charge in [0, 0.05) is 49.0 Å². The molecule has 3 aromatic heterocycles. The number of thiophene rings is 1. The van der Waals surface area contributed by atoms with E-state index in [1.54, 1.807) is 18.3 Å². The van der Waals surface area contributed by atoms with Crippen molar-refractivity contribution < 1.29 is 23.1 Å². The summed E-state index contributed by atoms with van der Waals surface area (Å²) in [6.07, 6.45) is 3.44. The van der Waals surface area contributed by atoms with Gasteiger partial charge in [0.05, 0.1) is 27.3 Å². The van der Waals surface area contributed by atoms with Crippen LogP contribution < -0.4 is 15.0 Å². The number of ether oxygens (including phenoxy) is 1. The first kappa shape index (κ1) is 28.2. The van der Waals surface area contributed by atoms with Crippen LogP contribution in [0.5, 0.6) is 11.5 Å². The molecule has 0 radical (unpaired) electrons. The molecule has 12 heteroatoms. The van der Waals surface area contributed by atoms with E-state index in [1.165, 1.54) is 46.6 Å². The topological polar surface area (TPSA) is 90.9 Å². The molecule has 0 spiro atoms. The standard InChI is InChI=1S/C31H26F2N6O3S/c1-37(2)18-19-6-8-24(35-17-19)28-16-25-29(43-28)27(10-11-34-25)42-26-9-7-21(15-23(26)33)36-30(40)39-13-12-38(31(39)41)22-5-3-4-20(32)14-22/h3-11,14-17H,12-13,18H2,1-2H3,(H,36,40). The third-order valence-electron chi connectivity index (χ3n) is 6.73. The number of carbonyl (C=O) groups excluding carboxylic acids is 2. The van der Waals surface area contributed by atoms with Crippen LogP contribution in [0.4, 0.5) is 29.7 Å². The molecule has 0 aliphatic carbocycles. The van der Waals surface area contributed by atoms with Gasteiger partial charge in [0.1, 0.15) is 11.6 Å². The second-order valence-electron chi connectivity index (χ2n) is 10.2. The van der Waals surface area contributed by atoms with E-state index >= 15 is 4.39 Å². The number of halogens is 2. The number of hydrogen-bond acceptors (Lipinski definition) is 7. The summed E-state index contributed by atoms with van der Waals surface area (Å²) in [6, 6.07) is 15.8. The molecule has 1 N–H and O–H groups in total. The average Bonchev–Trinajstić information content (AvgIpc) is 3.59. The molecule has 1 fully saturated rings. The minimum atomic E-state index is -0.720. The number of nitrogens with one attached hydrogen (secondary N) is 1. The molecule has 1 aliphatic rings. The fourth-order valence-electron chi connectivity index (χ4n) is 4.73. The highest BCUT2D eigenvalue weighted by Gasteiger charge is 2.34. The molecular formula is C31H26F2N6O3S. The molecule has 1 aliphatic heterocycles. The van der Waals surface area contributed by atoms with Crippen molar-refractivity contribution in [3.8, 4) is 22.1 Å². The average molecular weight is 601 g/mol. The highest BCUT2D eigenvalue weighted by Crippen LogP contribution is 2.39. The van der Waals surface area contributed by atoms with Gasteiger partial charge in [-0.25, -0.2) is 23.3 Å². The summed E-state index contributed by atoms with van der Waals surface area (Å²) in [5, 5.41) is 2.55. The molecule has 218 valence electrons. The number of rotatable bonds is 7. The summed E-state index contributed by atoms with van der Waals surface area (Å²) in [5.74, 6) is -0.797. The molecule has 9 nitrogen and oxygen atoms in total. The number of urea groups is 2. The van der Waals surface area contributed by atoms with Crippen LogP contribution in [0.3, 0.4) is 0 Å². The zero-order chi connectivity index (χ0) is 30.1. The fraction of sp³-hybridized carbons (Fsp3) is 0.161. The Hall–Kier alpha value is -4.94. The number of anilines is 2. The molecule has 4 heterocycles. The van der Waals surface area contributed by atoms with E-state index in [1.807, 2.05) is 38.5 Å². The van der Waals surface area contributed by atoms with E-state index < -0.39 is 23.7 Å². The van der Waals surface area contributed by atoms with Crippen LogP contribution >= 0.6 is 11.3 Å². The van der Waals surface area contributed by atoms with Gasteiger partial charge in [0.25, 0.3) is 0 Å². The van der Waals surface area contributed by atoms with Gasteiger partial charge in [-0.05, 0) is 62.1 Å². The first-order chi connectivity index (χ1) is 20.7. The Bertz CT molecular complexity index is 1830. The minimum absolute atomic E-state index is 0.0406. The summed E-state index contributed by atoms with van der Waals surface area (Å²) in [5.41, 5.74) is 3.10. The molecule has 0 saturated carbocycles. The first-order valence-corrected chi connectivity index (χ1v) is 14.2. The number of benzene rings is 2. The third-order valence-corrected chi connectivity index (χ3v) is 7.89. The van der Waals surface area contributed by atoms with Gasteiger partial charge in [-0.2, -0.15) is 0 Å². The van der Waals surface area contributed by atoms with Crippen LogP contribution in [0, 0.1) is 11.6 Å². The Labute approximate surface area is 250 Å². The molecular weight excluding hydrogens is 574 g/mol.